The van der Waals surface area contributed by atoms with Crippen molar-refractivity contribution in [2.24, 2.45) is 11.8 Å². The molecule has 2 rings (SSSR count). The summed E-state index contributed by atoms with van der Waals surface area (Å²) in [6, 6.07) is 0.418. The summed E-state index contributed by atoms with van der Waals surface area (Å²) in [7, 11) is 0. The average molecular weight is 239 g/mol. The van der Waals surface area contributed by atoms with E-state index in [0.717, 1.165) is 11.8 Å². The standard InChI is InChI=1S/C13H21NO3/c15-11(3-1-2-4-12(16)17)14-13(9-5-6-9)10-7-8-10/h9-10,13H,1-8H2,(H,14,15)(H,16,17). The molecule has 4 heteroatoms. The van der Waals surface area contributed by atoms with Crippen molar-refractivity contribution in [3.63, 3.8) is 0 Å². The number of hydrogen-bond acceptors (Lipinski definition) is 2. The second-order valence-electron chi connectivity index (χ2n) is 5.37. The molecule has 2 aliphatic rings. The van der Waals surface area contributed by atoms with Gasteiger partial charge in [-0.3, -0.25) is 9.59 Å². The van der Waals surface area contributed by atoms with Gasteiger partial charge in [-0.1, -0.05) is 0 Å². The highest BCUT2D eigenvalue weighted by atomic mass is 16.4. The van der Waals surface area contributed by atoms with Gasteiger partial charge in [0.1, 0.15) is 0 Å². The topological polar surface area (TPSA) is 66.4 Å². The first-order chi connectivity index (χ1) is 8.16. The number of carbonyl (C=O) groups is 2. The van der Waals surface area contributed by atoms with Crippen molar-refractivity contribution in [2.45, 2.75) is 57.4 Å². The van der Waals surface area contributed by atoms with Gasteiger partial charge in [0.2, 0.25) is 5.91 Å². The van der Waals surface area contributed by atoms with Gasteiger partial charge >= 0.3 is 5.97 Å². The number of rotatable bonds is 8. The molecule has 17 heavy (non-hydrogen) atoms. The lowest BCUT2D eigenvalue weighted by atomic mass is 10.1. The first-order valence-corrected chi connectivity index (χ1v) is 6.68. The first-order valence-electron chi connectivity index (χ1n) is 6.68. The molecule has 0 aromatic rings. The summed E-state index contributed by atoms with van der Waals surface area (Å²) in [5.74, 6) is 0.786. The predicted octanol–water partition coefficient (Wildman–Crippen LogP) is 1.94. The Bertz CT molecular complexity index is 283. The zero-order chi connectivity index (χ0) is 12.3. The van der Waals surface area contributed by atoms with Crippen molar-refractivity contribution < 1.29 is 14.7 Å². The van der Waals surface area contributed by atoms with E-state index in [9.17, 15) is 9.59 Å². The number of amides is 1. The average Bonchev–Trinajstić information content (AvgIpc) is 3.15. The highest BCUT2D eigenvalue weighted by Crippen LogP contribution is 2.44. The maximum Gasteiger partial charge on any atom is 0.303 e. The third-order valence-corrected chi connectivity index (χ3v) is 3.63. The van der Waals surface area contributed by atoms with Crippen LogP contribution < -0.4 is 5.32 Å². The van der Waals surface area contributed by atoms with Gasteiger partial charge in [-0.15, -0.1) is 0 Å². The number of hydrogen-bond donors (Lipinski definition) is 2. The Morgan fingerprint density at radius 1 is 1.06 bits per heavy atom. The van der Waals surface area contributed by atoms with E-state index in [1.54, 1.807) is 0 Å². The third-order valence-electron chi connectivity index (χ3n) is 3.63. The Hall–Kier alpha value is -1.06. The molecule has 0 aliphatic heterocycles. The first kappa shape index (κ1) is 12.4. The van der Waals surface area contributed by atoms with E-state index in [2.05, 4.69) is 5.32 Å². The molecule has 0 spiro atoms. The maximum absolute atomic E-state index is 11.7. The fourth-order valence-electron chi connectivity index (χ4n) is 2.35. The molecule has 0 atom stereocenters. The van der Waals surface area contributed by atoms with Gasteiger partial charge in [0.15, 0.2) is 0 Å². The summed E-state index contributed by atoms with van der Waals surface area (Å²) in [5.41, 5.74) is 0. The van der Waals surface area contributed by atoms with Crippen LogP contribution in [0.4, 0.5) is 0 Å². The summed E-state index contributed by atoms with van der Waals surface area (Å²) < 4.78 is 0. The largest absolute Gasteiger partial charge is 0.481 e. The van der Waals surface area contributed by atoms with Crippen molar-refractivity contribution >= 4 is 11.9 Å². The van der Waals surface area contributed by atoms with Crippen molar-refractivity contribution in [1.29, 1.82) is 0 Å². The molecule has 0 saturated heterocycles. The number of carboxylic acid groups (broad SMARTS) is 1. The van der Waals surface area contributed by atoms with Crippen LogP contribution >= 0.6 is 0 Å². The van der Waals surface area contributed by atoms with Gasteiger partial charge in [0.25, 0.3) is 0 Å². The Balaban J connectivity index is 1.60. The van der Waals surface area contributed by atoms with Gasteiger partial charge in [-0.2, -0.15) is 0 Å². The van der Waals surface area contributed by atoms with Crippen molar-refractivity contribution in [3.05, 3.63) is 0 Å². The monoisotopic (exact) mass is 239 g/mol. The van der Waals surface area contributed by atoms with Crippen LogP contribution in [0.2, 0.25) is 0 Å². The van der Waals surface area contributed by atoms with Gasteiger partial charge in [0.05, 0.1) is 0 Å². The van der Waals surface area contributed by atoms with E-state index >= 15 is 0 Å². The van der Waals surface area contributed by atoms with Crippen LogP contribution in [0.1, 0.15) is 51.4 Å². The highest BCUT2D eigenvalue weighted by molar-refractivity contribution is 5.76. The van der Waals surface area contributed by atoms with Crippen LogP contribution in [0.5, 0.6) is 0 Å². The molecule has 0 aromatic carbocycles. The smallest absolute Gasteiger partial charge is 0.303 e. The molecule has 0 unspecified atom stereocenters. The van der Waals surface area contributed by atoms with Gasteiger partial charge in [-0.05, 0) is 50.4 Å². The van der Waals surface area contributed by atoms with Crippen LogP contribution in [-0.4, -0.2) is 23.0 Å². The second-order valence-corrected chi connectivity index (χ2v) is 5.37. The minimum atomic E-state index is -0.778. The summed E-state index contributed by atoms with van der Waals surface area (Å²) in [6.45, 7) is 0. The van der Waals surface area contributed by atoms with E-state index < -0.39 is 5.97 Å². The lowest BCUT2D eigenvalue weighted by molar-refractivity contribution is -0.137. The van der Waals surface area contributed by atoms with Gasteiger partial charge < -0.3 is 10.4 Å². The Morgan fingerprint density at radius 3 is 2.06 bits per heavy atom. The molecule has 2 N–H and O–H groups in total. The van der Waals surface area contributed by atoms with Crippen LogP contribution in [0, 0.1) is 11.8 Å². The van der Waals surface area contributed by atoms with Crippen LogP contribution in [0.25, 0.3) is 0 Å². The summed E-state index contributed by atoms with van der Waals surface area (Å²) >= 11 is 0. The van der Waals surface area contributed by atoms with Crippen molar-refractivity contribution in [3.8, 4) is 0 Å². The van der Waals surface area contributed by atoms with Crippen LogP contribution in [0.15, 0.2) is 0 Å². The zero-order valence-electron chi connectivity index (χ0n) is 10.2. The highest BCUT2D eigenvalue weighted by Gasteiger charge is 2.41. The quantitative estimate of drug-likeness (QED) is 0.636. The molecule has 2 aliphatic carbocycles. The molecule has 4 nitrogen and oxygen atoms in total. The summed E-state index contributed by atoms with van der Waals surface area (Å²) in [4.78, 5) is 22.0. The second kappa shape index (κ2) is 5.52. The predicted molar refractivity (Wildman–Crippen MR) is 63.5 cm³/mol. The van der Waals surface area contributed by atoms with Crippen LogP contribution in [-0.2, 0) is 9.59 Å². The number of carboxylic acids is 1. The maximum atomic E-state index is 11.7. The van der Waals surface area contributed by atoms with E-state index in [-0.39, 0.29) is 12.3 Å². The third kappa shape index (κ3) is 4.36. The fraction of sp³-hybridized carbons (Fsp3) is 0.846. The SMILES string of the molecule is O=C(O)CCCCC(=O)NC(C1CC1)C1CC1. The summed E-state index contributed by atoms with van der Waals surface area (Å²) in [6.07, 6.45) is 6.98. The van der Waals surface area contributed by atoms with E-state index in [4.69, 9.17) is 5.11 Å². The lowest BCUT2D eigenvalue weighted by Gasteiger charge is -2.17. The minimum absolute atomic E-state index is 0.110. The van der Waals surface area contributed by atoms with Crippen LogP contribution in [0.3, 0.4) is 0 Å². The van der Waals surface area contributed by atoms with E-state index in [0.29, 0.717) is 25.3 Å². The Labute approximate surface area is 102 Å². The normalized spacial score (nSPS) is 19.4. The molecule has 1 amide bonds. The minimum Gasteiger partial charge on any atom is -0.481 e. The van der Waals surface area contributed by atoms with Gasteiger partial charge in [0, 0.05) is 18.9 Å². The van der Waals surface area contributed by atoms with E-state index in [1.165, 1.54) is 25.7 Å². The zero-order valence-corrected chi connectivity index (χ0v) is 10.2. The molecule has 0 aromatic heterocycles. The molecular weight excluding hydrogens is 218 g/mol. The lowest BCUT2D eigenvalue weighted by Crippen LogP contribution is -2.37. The van der Waals surface area contributed by atoms with Crippen molar-refractivity contribution in [1.82, 2.24) is 5.32 Å². The Morgan fingerprint density at radius 2 is 1.59 bits per heavy atom. The summed E-state index contributed by atoms with van der Waals surface area (Å²) in [5, 5.41) is 11.6. The van der Waals surface area contributed by atoms with E-state index in [1.807, 2.05) is 0 Å². The number of aliphatic carboxylic acids is 1. The fourth-order valence-corrected chi connectivity index (χ4v) is 2.35. The van der Waals surface area contributed by atoms with Gasteiger partial charge in [-0.25, -0.2) is 0 Å². The number of carbonyl (C=O) groups excluding carboxylic acids is 1. The number of nitrogens with one attached hydrogen (secondary N) is 1. The molecular formula is C13H21NO3. The van der Waals surface area contributed by atoms with Crippen molar-refractivity contribution in [2.75, 3.05) is 0 Å². The number of unbranched alkanes of at least 4 members (excludes halogenated alkanes) is 1. The molecule has 96 valence electrons. The molecule has 0 bridgehead atoms. The molecule has 0 radical (unpaired) electrons. The molecule has 0 heterocycles. The molecule has 2 fully saturated rings. The molecule has 2 saturated carbocycles. The Kier molecular flexibility index (Phi) is 4.02.